The van der Waals surface area contributed by atoms with Gasteiger partial charge in [0.15, 0.2) is 11.5 Å². The van der Waals surface area contributed by atoms with E-state index in [-0.39, 0.29) is 6.04 Å². The Morgan fingerprint density at radius 1 is 0.929 bits per heavy atom. The summed E-state index contributed by atoms with van der Waals surface area (Å²) < 4.78 is 10.9. The van der Waals surface area contributed by atoms with Crippen LogP contribution in [0.5, 0.6) is 11.5 Å². The van der Waals surface area contributed by atoms with E-state index < -0.39 is 0 Å². The number of aryl methyl sites for hydroxylation is 1. The summed E-state index contributed by atoms with van der Waals surface area (Å²) in [5, 5.41) is 4.78. The molecule has 0 fully saturated rings. The topological polar surface area (TPSA) is 59.2 Å². The molecule has 0 aliphatic rings. The van der Waals surface area contributed by atoms with Crippen LogP contribution in [0.1, 0.15) is 22.9 Å². The van der Waals surface area contributed by atoms with Crippen LogP contribution in [0.3, 0.4) is 0 Å². The van der Waals surface area contributed by atoms with Crippen LogP contribution in [-0.4, -0.2) is 24.2 Å². The van der Waals surface area contributed by atoms with Gasteiger partial charge in [-0.05, 0) is 42.8 Å². The van der Waals surface area contributed by atoms with E-state index in [9.17, 15) is 0 Å². The molecule has 0 bridgehead atoms. The molecule has 0 unspecified atom stereocenters. The Bertz CT molecular complexity index is 1090. The number of methoxy groups -OCH3 is 2. The number of nitrogens with zero attached hydrogens (tertiary/aromatic N) is 1. The summed E-state index contributed by atoms with van der Waals surface area (Å²) in [6, 6.07) is 20.1. The van der Waals surface area contributed by atoms with E-state index in [1.807, 2.05) is 36.4 Å². The van der Waals surface area contributed by atoms with E-state index >= 15 is 0 Å². The lowest BCUT2D eigenvalue weighted by atomic mass is 9.95. The number of para-hydroxylation sites is 1. The summed E-state index contributed by atoms with van der Waals surface area (Å²) in [6.07, 6.45) is 1.79. The first-order valence-corrected chi connectivity index (χ1v) is 9.18. The van der Waals surface area contributed by atoms with E-state index in [0.717, 1.165) is 22.6 Å². The summed E-state index contributed by atoms with van der Waals surface area (Å²) in [5.74, 6) is 2.22. The fourth-order valence-electron chi connectivity index (χ4n) is 3.62. The Hall–Kier alpha value is -3.47. The molecule has 0 aliphatic carbocycles. The van der Waals surface area contributed by atoms with Crippen LogP contribution < -0.4 is 14.8 Å². The molecule has 0 aliphatic heterocycles. The predicted octanol–water partition coefficient (Wildman–Crippen LogP) is 5.09. The Morgan fingerprint density at radius 3 is 2.46 bits per heavy atom. The molecule has 28 heavy (non-hydrogen) atoms. The zero-order valence-electron chi connectivity index (χ0n) is 16.2. The first-order chi connectivity index (χ1) is 13.7. The van der Waals surface area contributed by atoms with Gasteiger partial charge in [-0.1, -0.05) is 30.3 Å². The fraction of sp³-hybridized carbons (Fsp3) is 0.174. The summed E-state index contributed by atoms with van der Waals surface area (Å²) >= 11 is 0. The largest absolute Gasteiger partial charge is 0.493 e. The first-order valence-electron chi connectivity index (χ1n) is 9.18. The third kappa shape index (κ3) is 3.27. The lowest BCUT2D eigenvalue weighted by molar-refractivity contribution is 0.354. The number of hydrogen-bond donors (Lipinski definition) is 2. The molecule has 2 N–H and O–H groups in total. The van der Waals surface area contributed by atoms with Crippen molar-refractivity contribution in [2.45, 2.75) is 13.0 Å². The predicted molar refractivity (Wildman–Crippen MR) is 112 cm³/mol. The van der Waals surface area contributed by atoms with Gasteiger partial charge in [0.1, 0.15) is 5.82 Å². The Morgan fingerprint density at radius 2 is 1.71 bits per heavy atom. The SMILES string of the molecule is COc1ccc([C@@H](Nc2ccccn2)c2c(C)[nH]c3ccccc23)cc1OC. The highest BCUT2D eigenvalue weighted by molar-refractivity contribution is 5.86. The molecule has 5 nitrogen and oxygen atoms in total. The summed E-state index contributed by atoms with van der Waals surface area (Å²) in [4.78, 5) is 7.96. The van der Waals surface area contributed by atoms with Crippen molar-refractivity contribution in [3.8, 4) is 11.5 Å². The van der Waals surface area contributed by atoms with Crippen LogP contribution in [0.25, 0.3) is 10.9 Å². The lowest BCUT2D eigenvalue weighted by Crippen LogP contribution is -2.14. The van der Waals surface area contributed by atoms with Crippen molar-refractivity contribution in [1.82, 2.24) is 9.97 Å². The van der Waals surface area contributed by atoms with Crippen LogP contribution in [0.2, 0.25) is 0 Å². The highest BCUT2D eigenvalue weighted by Crippen LogP contribution is 2.37. The smallest absolute Gasteiger partial charge is 0.161 e. The number of H-pyrrole nitrogens is 1. The number of aromatic nitrogens is 2. The second-order valence-corrected chi connectivity index (χ2v) is 6.62. The van der Waals surface area contributed by atoms with E-state index in [4.69, 9.17) is 9.47 Å². The second-order valence-electron chi connectivity index (χ2n) is 6.62. The molecular formula is C23H23N3O2. The van der Waals surface area contributed by atoms with E-state index in [0.29, 0.717) is 11.5 Å². The number of nitrogens with one attached hydrogen (secondary N) is 2. The molecule has 4 aromatic rings. The van der Waals surface area contributed by atoms with Gasteiger partial charge in [0.05, 0.1) is 20.3 Å². The van der Waals surface area contributed by atoms with Crippen LogP contribution in [0, 0.1) is 6.92 Å². The molecule has 0 amide bonds. The molecule has 4 rings (SSSR count). The number of rotatable bonds is 6. The maximum Gasteiger partial charge on any atom is 0.161 e. The Balaban J connectivity index is 1.88. The average Bonchev–Trinajstić information content (AvgIpc) is 3.08. The van der Waals surface area contributed by atoms with Crippen LogP contribution >= 0.6 is 0 Å². The number of aromatic amines is 1. The van der Waals surface area contributed by atoms with Gasteiger partial charge in [-0.3, -0.25) is 0 Å². The molecule has 2 aromatic carbocycles. The van der Waals surface area contributed by atoms with Crippen LogP contribution in [0.4, 0.5) is 5.82 Å². The van der Waals surface area contributed by atoms with Crippen molar-refractivity contribution in [2.24, 2.45) is 0 Å². The van der Waals surface area contributed by atoms with Crippen molar-refractivity contribution in [3.05, 3.63) is 83.7 Å². The monoisotopic (exact) mass is 373 g/mol. The van der Waals surface area contributed by atoms with E-state index in [2.05, 4.69) is 46.5 Å². The van der Waals surface area contributed by atoms with Gasteiger partial charge in [0.2, 0.25) is 0 Å². The fourth-order valence-corrected chi connectivity index (χ4v) is 3.62. The molecular weight excluding hydrogens is 350 g/mol. The maximum absolute atomic E-state index is 5.54. The lowest BCUT2D eigenvalue weighted by Gasteiger charge is -2.22. The van der Waals surface area contributed by atoms with Gasteiger partial charge in [0.25, 0.3) is 0 Å². The van der Waals surface area contributed by atoms with Crippen molar-refractivity contribution in [1.29, 1.82) is 0 Å². The first kappa shape index (κ1) is 17.9. The zero-order chi connectivity index (χ0) is 19.5. The second kappa shape index (κ2) is 7.64. The number of fused-ring (bicyclic) bond motifs is 1. The number of pyridine rings is 1. The van der Waals surface area contributed by atoms with Crippen molar-refractivity contribution in [3.63, 3.8) is 0 Å². The average molecular weight is 373 g/mol. The minimum absolute atomic E-state index is 0.106. The number of benzene rings is 2. The molecule has 0 saturated carbocycles. The Kier molecular flexibility index (Phi) is 4.89. The van der Waals surface area contributed by atoms with Gasteiger partial charge < -0.3 is 19.8 Å². The quantitative estimate of drug-likeness (QED) is 0.494. The van der Waals surface area contributed by atoms with Crippen LogP contribution in [-0.2, 0) is 0 Å². The van der Waals surface area contributed by atoms with Gasteiger partial charge in [-0.15, -0.1) is 0 Å². The van der Waals surface area contributed by atoms with Gasteiger partial charge in [-0.25, -0.2) is 4.98 Å². The molecule has 2 aromatic heterocycles. The van der Waals surface area contributed by atoms with E-state index in [1.165, 1.54) is 10.9 Å². The van der Waals surface area contributed by atoms with Crippen molar-refractivity contribution < 1.29 is 9.47 Å². The van der Waals surface area contributed by atoms with Crippen LogP contribution in [0.15, 0.2) is 66.9 Å². The highest BCUT2D eigenvalue weighted by atomic mass is 16.5. The molecule has 0 spiro atoms. The third-order valence-electron chi connectivity index (χ3n) is 4.93. The zero-order valence-corrected chi connectivity index (χ0v) is 16.2. The minimum Gasteiger partial charge on any atom is -0.493 e. The summed E-state index contributed by atoms with van der Waals surface area (Å²) in [5.41, 5.74) is 4.48. The summed E-state index contributed by atoms with van der Waals surface area (Å²) in [7, 11) is 3.30. The molecule has 0 radical (unpaired) electrons. The van der Waals surface area contributed by atoms with Gasteiger partial charge in [0, 0.05) is 28.4 Å². The minimum atomic E-state index is -0.106. The molecule has 2 heterocycles. The Labute approximate surface area is 164 Å². The van der Waals surface area contributed by atoms with Crippen molar-refractivity contribution >= 4 is 16.7 Å². The van der Waals surface area contributed by atoms with Crippen molar-refractivity contribution in [2.75, 3.05) is 19.5 Å². The number of hydrogen-bond acceptors (Lipinski definition) is 4. The molecule has 5 heteroatoms. The highest BCUT2D eigenvalue weighted by Gasteiger charge is 2.22. The standard InChI is InChI=1S/C23H23N3O2/c1-15-22(17-8-4-5-9-18(17)25-15)23(26-21-10-6-7-13-24-21)16-11-12-19(27-2)20(14-16)28-3/h4-14,23,25H,1-3H3,(H,24,26)/t23-/m1/s1. The molecule has 142 valence electrons. The number of anilines is 1. The molecule has 1 atom stereocenters. The van der Waals surface area contributed by atoms with E-state index in [1.54, 1.807) is 20.4 Å². The maximum atomic E-state index is 5.54. The molecule has 0 saturated heterocycles. The van der Waals surface area contributed by atoms with Gasteiger partial charge in [-0.2, -0.15) is 0 Å². The normalized spacial score (nSPS) is 12.0. The number of ether oxygens (including phenoxy) is 2. The summed E-state index contributed by atoms with van der Waals surface area (Å²) in [6.45, 7) is 2.10. The van der Waals surface area contributed by atoms with Gasteiger partial charge >= 0.3 is 0 Å². The third-order valence-corrected chi connectivity index (χ3v) is 4.93.